The molecule has 2 N–H and O–H groups in total. The Morgan fingerprint density at radius 1 is 1.12 bits per heavy atom. The maximum atomic E-state index is 5.95. The number of rotatable bonds is 0. The first-order valence-electron chi connectivity index (χ1n) is 4.99. The van der Waals surface area contributed by atoms with Gasteiger partial charge in [-0.2, -0.15) is 0 Å². The fourth-order valence-electron chi connectivity index (χ4n) is 2.03. The molecule has 0 fully saturated rings. The second-order valence-electron chi connectivity index (χ2n) is 3.70. The van der Waals surface area contributed by atoms with Gasteiger partial charge in [-0.05, 0) is 28.3 Å². The maximum absolute atomic E-state index is 5.95. The van der Waals surface area contributed by atoms with Gasteiger partial charge in [-0.3, -0.25) is 0 Å². The number of aromatic nitrogens is 1. The Bertz CT molecular complexity index is 703. The second-order valence-corrected chi connectivity index (χ2v) is 4.55. The van der Waals surface area contributed by atoms with Crippen LogP contribution in [0, 0.1) is 0 Å². The van der Waals surface area contributed by atoms with Crippen molar-refractivity contribution in [2.45, 2.75) is 0 Å². The molecule has 17 heavy (non-hydrogen) atoms. The van der Waals surface area contributed by atoms with E-state index in [-0.39, 0.29) is 31.0 Å². The fourth-order valence-corrected chi connectivity index (χ4v) is 2.62. The summed E-state index contributed by atoms with van der Waals surface area (Å²) in [5.41, 5.74) is 5.95. The topological polar surface area (TPSA) is 38.9 Å². The third kappa shape index (κ3) is 2.08. The van der Waals surface area contributed by atoms with Crippen molar-refractivity contribution < 1.29 is 31.0 Å². The molecule has 0 bridgehead atoms. The van der Waals surface area contributed by atoms with E-state index >= 15 is 0 Å². The van der Waals surface area contributed by atoms with Crippen LogP contribution in [0.1, 0.15) is 1.43 Å². The SMILES string of the molecule is Nc1nccc2cc(Br)c3ccccc3c12.[H-].[Na+]. The first kappa shape index (κ1) is 12.8. The van der Waals surface area contributed by atoms with Crippen LogP contribution in [0.25, 0.3) is 21.5 Å². The van der Waals surface area contributed by atoms with Crippen LogP contribution in [0.3, 0.4) is 0 Å². The molecule has 0 aliphatic heterocycles. The Hall–Kier alpha value is -0.610. The van der Waals surface area contributed by atoms with Gasteiger partial charge in [-0.25, -0.2) is 4.98 Å². The summed E-state index contributed by atoms with van der Waals surface area (Å²) >= 11 is 3.58. The van der Waals surface area contributed by atoms with Crippen LogP contribution in [-0.4, -0.2) is 4.98 Å². The average molecular weight is 297 g/mol. The molecule has 0 saturated carbocycles. The van der Waals surface area contributed by atoms with E-state index in [1.807, 2.05) is 18.2 Å². The Morgan fingerprint density at radius 2 is 1.82 bits per heavy atom. The number of pyridine rings is 1. The maximum Gasteiger partial charge on any atom is 1.00 e. The molecule has 80 valence electrons. The summed E-state index contributed by atoms with van der Waals surface area (Å²) in [7, 11) is 0. The molecule has 3 rings (SSSR count). The van der Waals surface area contributed by atoms with Crippen molar-refractivity contribution in [2.24, 2.45) is 0 Å². The van der Waals surface area contributed by atoms with Crippen molar-refractivity contribution in [1.82, 2.24) is 4.98 Å². The molecule has 0 spiro atoms. The molecule has 0 aliphatic carbocycles. The van der Waals surface area contributed by atoms with Gasteiger partial charge in [-0.15, -0.1) is 0 Å². The summed E-state index contributed by atoms with van der Waals surface area (Å²) in [4.78, 5) is 4.15. The monoisotopic (exact) mass is 296 g/mol. The summed E-state index contributed by atoms with van der Waals surface area (Å²) in [5.74, 6) is 0.584. The van der Waals surface area contributed by atoms with E-state index in [4.69, 9.17) is 5.73 Å². The summed E-state index contributed by atoms with van der Waals surface area (Å²) < 4.78 is 1.08. The van der Waals surface area contributed by atoms with E-state index in [0.29, 0.717) is 5.82 Å². The van der Waals surface area contributed by atoms with Crippen LogP contribution >= 0.6 is 15.9 Å². The smallest absolute Gasteiger partial charge is 1.00 e. The van der Waals surface area contributed by atoms with Gasteiger partial charge >= 0.3 is 29.6 Å². The first-order valence-corrected chi connectivity index (χ1v) is 5.78. The molecule has 0 aliphatic rings. The third-order valence-corrected chi connectivity index (χ3v) is 3.40. The van der Waals surface area contributed by atoms with Crippen molar-refractivity contribution in [3.05, 3.63) is 47.1 Å². The predicted octanol–water partition coefficient (Wildman–Crippen LogP) is 0.849. The van der Waals surface area contributed by atoms with Gasteiger partial charge in [0.05, 0.1) is 0 Å². The molecular formula is C13H10BrN2Na. The minimum Gasteiger partial charge on any atom is -1.00 e. The molecule has 3 aromatic rings. The number of halogens is 1. The predicted molar refractivity (Wildman–Crippen MR) is 72.5 cm³/mol. The summed E-state index contributed by atoms with van der Waals surface area (Å²) in [5, 5.41) is 4.44. The number of nitrogens with two attached hydrogens (primary N) is 1. The molecule has 1 aromatic heterocycles. The average Bonchev–Trinajstić information content (AvgIpc) is 2.29. The molecular weight excluding hydrogens is 287 g/mol. The van der Waals surface area contributed by atoms with Gasteiger partial charge in [0.15, 0.2) is 0 Å². The summed E-state index contributed by atoms with van der Waals surface area (Å²) in [6.45, 7) is 0. The van der Waals surface area contributed by atoms with Crippen LogP contribution in [0.2, 0.25) is 0 Å². The minimum atomic E-state index is 0. The zero-order valence-electron chi connectivity index (χ0n) is 10.4. The Balaban J connectivity index is 0.000000810. The number of nitrogen functional groups attached to an aromatic ring is 1. The third-order valence-electron chi connectivity index (χ3n) is 2.75. The van der Waals surface area contributed by atoms with Crippen LogP contribution in [0.4, 0.5) is 5.82 Å². The zero-order valence-corrected chi connectivity index (χ0v) is 13.0. The molecule has 0 radical (unpaired) electrons. The van der Waals surface area contributed by atoms with Crippen molar-refractivity contribution in [3.8, 4) is 0 Å². The number of hydrogen-bond donors (Lipinski definition) is 1. The van der Waals surface area contributed by atoms with Crippen molar-refractivity contribution >= 4 is 43.3 Å². The largest absolute Gasteiger partial charge is 1.00 e. The number of benzene rings is 2. The quantitative estimate of drug-likeness (QED) is 0.493. The van der Waals surface area contributed by atoms with Crippen LogP contribution < -0.4 is 35.3 Å². The number of anilines is 1. The van der Waals surface area contributed by atoms with E-state index < -0.39 is 0 Å². The van der Waals surface area contributed by atoms with Crippen molar-refractivity contribution in [1.29, 1.82) is 0 Å². The molecule has 0 unspecified atom stereocenters. The molecule has 2 nitrogen and oxygen atoms in total. The second kappa shape index (κ2) is 4.94. The van der Waals surface area contributed by atoms with E-state index in [1.54, 1.807) is 6.20 Å². The minimum absolute atomic E-state index is 0. The Labute approximate surface area is 131 Å². The van der Waals surface area contributed by atoms with Gasteiger partial charge in [0, 0.05) is 16.1 Å². The summed E-state index contributed by atoms with van der Waals surface area (Å²) in [6, 6.07) is 12.2. The molecule has 0 atom stereocenters. The van der Waals surface area contributed by atoms with Gasteiger partial charge in [-0.1, -0.05) is 40.2 Å². The Morgan fingerprint density at radius 3 is 2.59 bits per heavy atom. The van der Waals surface area contributed by atoms with E-state index in [1.165, 1.54) is 0 Å². The number of hydrogen-bond acceptors (Lipinski definition) is 2. The van der Waals surface area contributed by atoms with E-state index in [0.717, 1.165) is 26.0 Å². The zero-order chi connectivity index (χ0) is 11.1. The standard InChI is InChI=1S/C13H9BrN2.Na.H/c14-11-7-8-5-6-16-13(15)12(8)10-4-2-1-3-9(10)11;;/h1-7H,(H2,15,16);;/q;+1;-1. The number of fused-ring (bicyclic) bond motifs is 3. The normalized spacial score (nSPS) is 10.4. The number of nitrogens with zero attached hydrogens (tertiary/aromatic N) is 1. The van der Waals surface area contributed by atoms with Gasteiger partial charge < -0.3 is 7.16 Å². The molecule has 1 heterocycles. The molecule has 0 saturated heterocycles. The molecule has 0 amide bonds. The van der Waals surface area contributed by atoms with E-state index in [2.05, 4.69) is 39.1 Å². The van der Waals surface area contributed by atoms with Crippen LogP contribution in [0.15, 0.2) is 47.1 Å². The van der Waals surface area contributed by atoms with Gasteiger partial charge in [0.25, 0.3) is 0 Å². The van der Waals surface area contributed by atoms with Crippen LogP contribution in [0.5, 0.6) is 0 Å². The Kier molecular flexibility index (Phi) is 3.73. The van der Waals surface area contributed by atoms with Crippen molar-refractivity contribution in [3.63, 3.8) is 0 Å². The molecule has 4 heteroatoms. The summed E-state index contributed by atoms with van der Waals surface area (Å²) in [6.07, 6.45) is 1.74. The van der Waals surface area contributed by atoms with E-state index in [9.17, 15) is 0 Å². The first-order chi connectivity index (χ1) is 7.77. The van der Waals surface area contributed by atoms with Crippen LogP contribution in [-0.2, 0) is 0 Å². The van der Waals surface area contributed by atoms with Crippen molar-refractivity contribution in [2.75, 3.05) is 5.73 Å². The molecule has 2 aromatic carbocycles. The fraction of sp³-hybridized carbons (Fsp3) is 0. The van der Waals surface area contributed by atoms with Gasteiger partial charge in [0.2, 0.25) is 0 Å². The van der Waals surface area contributed by atoms with Gasteiger partial charge in [0.1, 0.15) is 5.82 Å².